The summed E-state index contributed by atoms with van der Waals surface area (Å²) in [4.78, 5) is 47.4. The molecule has 1 fully saturated rings. The van der Waals surface area contributed by atoms with E-state index >= 15 is 0 Å². The van der Waals surface area contributed by atoms with Crippen molar-refractivity contribution in [2.24, 2.45) is 0 Å². The van der Waals surface area contributed by atoms with Crippen molar-refractivity contribution >= 4 is 127 Å². The second-order valence-electron chi connectivity index (χ2n) is 12.2. The number of anilines is 4. The van der Waals surface area contributed by atoms with Gasteiger partial charge in [0.25, 0.3) is 5.91 Å². The summed E-state index contributed by atoms with van der Waals surface area (Å²) < 4.78 is 3.68. The van der Waals surface area contributed by atoms with Crippen LogP contribution in [0, 0.1) is 6.92 Å². The molecule has 16 heteroatoms. The van der Waals surface area contributed by atoms with Gasteiger partial charge in [-0.15, -0.1) is 0 Å². The van der Waals surface area contributed by atoms with Gasteiger partial charge in [-0.3, -0.25) is 24.3 Å². The Kier molecular flexibility index (Phi) is 24.1. The zero-order chi connectivity index (χ0) is 39.8. The molecule has 0 spiro atoms. The second-order valence-corrected chi connectivity index (χ2v) is 15.8. The topological polar surface area (TPSA) is 106 Å². The van der Waals surface area contributed by atoms with E-state index in [4.69, 9.17) is 4.84 Å². The first-order valence-electron chi connectivity index (χ1n) is 17.3. The average molecular weight is 1060 g/mol. The molecule has 5 amide bonds. The fraction of sp³-hybridized carbons (Fsp3) is 0.300. The molecule has 10 nitrogen and oxygen atoms in total. The van der Waals surface area contributed by atoms with Crippen LogP contribution in [0.3, 0.4) is 0 Å². The van der Waals surface area contributed by atoms with Gasteiger partial charge in [0.05, 0.1) is 13.7 Å². The number of unbranched alkanes of at least 4 members (excludes halogenated alkanes) is 2. The third kappa shape index (κ3) is 15.5. The first kappa shape index (κ1) is 51.8. The van der Waals surface area contributed by atoms with Crippen LogP contribution >= 0.6 is 63.7 Å². The Labute approximate surface area is 386 Å². The predicted molar refractivity (Wildman–Crippen MR) is 238 cm³/mol. The van der Waals surface area contributed by atoms with Gasteiger partial charge in [-0.1, -0.05) is 90.4 Å². The number of nitrogens with one attached hydrogen (secondary N) is 1. The molecule has 0 radical (unpaired) electrons. The number of likely N-dealkylation sites (N-methyl/N-ethyl adjacent to an activating group) is 1. The van der Waals surface area contributed by atoms with Crippen LogP contribution in [0.4, 0.5) is 32.3 Å². The molecule has 2 N–H and O–H groups in total. The minimum atomic E-state index is -1.21. The molecule has 0 bridgehead atoms. The SMILES string of the molecule is CCCCC1(O)CN(c2ccc(Br)cc2)C(=O)N1c1ccc(Br)cc1.CON(C)C(=O)CN(C(=O)Nc1ccc(Br)cc1)c1ccc(Br)cc1.[CH2-]CCC.[Cl-].[Mg+2]. The van der Waals surface area contributed by atoms with Crippen LogP contribution in [0.1, 0.15) is 46.0 Å². The average Bonchev–Trinajstić information content (AvgIpc) is 3.44. The number of aliphatic hydroxyl groups is 1. The summed E-state index contributed by atoms with van der Waals surface area (Å²) in [5.74, 6) is -0.351. The first-order chi connectivity index (χ1) is 25.8. The smallest absolute Gasteiger partial charge is 1.00 e. The summed E-state index contributed by atoms with van der Waals surface area (Å²) in [6.45, 7) is 7.90. The number of carbonyl (C=O) groups excluding carboxylic acids is 3. The summed E-state index contributed by atoms with van der Waals surface area (Å²) in [6.07, 6.45) is 4.63. The maximum absolute atomic E-state index is 13.1. The third-order valence-corrected chi connectivity index (χ3v) is 10.3. The molecule has 4 aromatic rings. The summed E-state index contributed by atoms with van der Waals surface area (Å²) in [5, 5.41) is 15.2. The second kappa shape index (κ2) is 26.0. The van der Waals surface area contributed by atoms with Crippen LogP contribution in [0.5, 0.6) is 0 Å². The van der Waals surface area contributed by atoms with Gasteiger partial charge in [-0.05, 0) is 110 Å². The summed E-state index contributed by atoms with van der Waals surface area (Å²) >= 11 is 13.5. The number of β-amino-alcohol motifs (C(OH)–C–C–N with tert-alkyl or cyclic N) is 1. The van der Waals surface area contributed by atoms with Gasteiger partial charge < -0.3 is 29.8 Å². The van der Waals surface area contributed by atoms with Crippen molar-refractivity contribution in [2.45, 2.75) is 51.7 Å². The van der Waals surface area contributed by atoms with Crippen LogP contribution in [0.15, 0.2) is 115 Å². The molecule has 4 aromatic carbocycles. The van der Waals surface area contributed by atoms with E-state index in [9.17, 15) is 19.5 Å². The van der Waals surface area contributed by atoms with E-state index in [1.807, 2.05) is 60.7 Å². The molecule has 5 rings (SSSR count). The Morgan fingerprint density at radius 1 is 0.821 bits per heavy atom. The largest absolute Gasteiger partial charge is 2.00 e. The number of benzene rings is 4. The summed E-state index contributed by atoms with van der Waals surface area (Å²) in [6, 6.07) is 28.7. The molecule has 1 saturated heterocycles. The number of amides is 5. The van der Waals surface area contributed by atoms with Crippen molar-refractivity contribution in [2.75, 3.05) is 47.3 Å². The van der Waals surface area contributed by atoms with Crippen molar-refractivity contribution in [3.8, 4) is 0 Å². The van der Waals surface area contributed by atoms with Crippen molar-refractivity contribution in [3.05, 3.63) is 122 Å². The van der Waals surface area contributed by atoms with Crippen LogP contribution in [0.25, 0.3) is 0 Å². The van der Waals surface area contributed by atoms with Gasteiger partial charge >= 0.3 is 35.1 Å². The van der Waals surface area contributed by atoms with E-state index in [1.165, 1.54) is 30.4 Å². The summed E-state index contributed by atoms with van der Waals surface area (Å²) in [5.41, 5.74) is 1.49. The van der Waals surface area contributed by atoms with Gasteiger partial charge in [-0.2, -0.15) is 6.42 Å². The van der Waals surface area contributed by atoms with Gasteiger partial charge in [0.1, 0.15) is 6.54 Å². The van der Waals surface area contributed by atoms with E-state index in [0.717, 1.165) is 47.9 Å². The number of hydroxylamine groups is 2. The molecule has 298 valence electrons. The Morgan fingerprint density at radius 2 is 1.27 bits per heavy atom. The number of hydrogen-bond acceptors (Lipinski definition) is 5. The molecule has 1 unspecified atom stereocenters. The minimum Gasteiger partial charge on any atom is -1.00 e. The predicted octanol–water partition coefficient (Wildman–Crippen LogP) is 8.05. The fourth-order valence-corrected chi connectivity index (χ4v) is 6.12. The normalized spacial score (nSPS) is 14.2. The Hall–Kier alpha value is -2.21. The van der Waals surface area contributed by atoms with Crippen LogP contribution in [-0.4, -0.2) is 84.2 Å². The number of carbonyl (C=O) groups is 3. The standard InChI is InChI=1S/C19H20Br2N2O2.C17H17Br2N3O3.C4H9.ClH.Mg/c1-2-3-12-19(25)13-22(16-8-4-14(20)5-9-16)18(24)23(19)17-10-6-15(21)7-11-17;1-21(25-2)16(23)11-22(15-9-5-13(19)6-10-15)17(24)20-14-7-3-12(18)4-8-14;1-3-4-2;;/h4-11,25H,2-3,12-13H2,1H3;3-10H,11H2,1-2H3,(H,20,24);1,3-4H2,2H3;1H;/q;;-1;;+2/p-1. The maximum atomic E-state index is 13.1. The quantitative estimate of drug-likeness (QED) is 0.0900. The molecule has 0 aromatic heterocycles. The van der Waals surface area contributed by atoms with Crippen LogP contribution in [-0.2, 0) is 9.63 Å². The van der Waals surface area contributed by atoms with Gasteiger partial charge in [0, 0.05) is 47.7 Å². The zero-order valence-corrected chi connectivity index (χ0v) is 40.4. The van der Waals surface area contributed by atoms with Crippen LogP contribution < -0.4 is 32.4 Å². The summed E-state index contributed by atoms with van der Waals surface area (Å²) in [7, 11) is 2.89. The van der Waals surface area contributed by atoms with E-state index in [2.05, 4.69) is 89.8 Å². The Bertz CT molecular complexity index is 1790. The van der Waals surface area contributed by atoms with E-state index in [1.54, 1.807) is 41.3 Å². The van der Waals surface area contributed by atoms with Gasteiger partial charge in [0.2, 0.25) is 0 Å². The molecule has 1 atom stereocenters. The molecule has 0 aliphatic carbocycles. The molecular formula is C40H46Br4ClMgN5O5. The van der Waals surface area contributed by atoms with E-state index < -0.39 is 11.8 Å². The molecule has 0 saturated carbocycles. The Balaban J connectivity index is 0.000000495. The van der Waals surface area contributed by atoms with E-state index in [0.29, 0.717) is 23.5 Å². The van der Waals surface area contributed by atoms with Crippen LogP contribution in [0.2, 0.25) is 0 Å². The molecular weight excluding hydrogens is 1010 g/mol. The Morgan fingerprint density at radius 3 is 1.71 bits per heavy atom. The number of hydrogen-bond donors (Lipinski definition) is 2. The molecule has 56 heavy (non-hydrogen) atoms. The molecule has 1 heterocycles. The number of urea groups is 2. The van der Waals surface area contributed by atoms with Gasteiger partial charge in [-0.25, -0.2) is 14.7 Å². The van der Waals surface area contributed by atoms with Crippen molar-refractivity contribution in [1.29, 1.82) is 0 Å². The van der Waals surface area contributed by atoms with Crippen molar-refractivity contribution in [3.63, 3.8) is 0 Å². The van der Waals surface area contributed by atoms with Crippen molar-refractivity contribution < 1.29 is 36.7 Å². The van der Waals surface area contributed by atoms with Crippen molar-refractivity contribution in [1.82, 2.24) is 5.06 Å². The molecule has 1 aliphatic heterocycles. The number of nitrogens with zero attached hydrogens (tertiary/aromatic N) is 4. The fourth-order valence-electron chi connectivity index (χ4n) is 5.07. The monoisotopic (exact) mass is 1050 g/mol. The zero-order valence-electron chi connectivity index (χ0n) is 31.9. The van der Waals surface area contributed by atoms with Gasteiger partial charge in [0.15, 0.2) is 5.72 Å². The number of rotatable bonds is 11. The van der Waals surface area contributed by atoms with E-state index in [-0.39, 0.29) is 60.5 Å². The molecule has 1 aliphatic rings. The minimum absolute atomic E-state index is 0. The first-order valence-corrected chi connectivity index (χ1v) is 20.5. The third-order valence-electron chi connectivity index (χ3n) is 8.15. The maximum Gasteiger partial charge on any atom is 2.00 e. The number of halogens is 5.